The molecule has 150 valence electrons. The van der Waals surface area contributed by atoms with Gasteiger partial charge in [-0.05, 0) is 43.7 Å². The van der Waals surface area contributed by atoms with E-state index in [1.165, 1.54) is 5.69 Å². The molecule has 1 aromatic carbocycles. The van der Waals surface area contributed by atoms with E-state index in [9.17, 15) is 9.59 Å². The highest BCUT2D eigenvalue weighted by Crippen LogP contribution is 2.20. The van der Waals surface area contributed by atoms with Crippen molar-refractivity contribution in [2.24, 2.45) is 11.7 Å². The van der Waals surface area contributed by atoms with Gasteiger partial charge >= 0.3 is 0 Å². The van der Waals surface area contributed by atoms with Gasteiger partial charge in [-0.3, -0.25) is 14.5 Å². The lowest BCUT2D eigenvalue weighted by atomic mass is 10.1. The minimum absolute atomic E-state index is 0.00701. The highest BCUT2D eigenvalue weighted by atomic mass is 16.5. The van der Waals surface area contributed by atoms with Crippen LogP contribution in [0.4, 0.5) is 5.69 Å². The molecule has 2 rings (SSSR count). The molecule has 3 N–H and O–H groups in total. The summed E-state index contributed by atoms with van der Waals surface area (Å²) in [5, 5.41) is 2.92. The van der Waals surface area contributed by atoms with Gasteiger partial charge in [0.25, 0.3) is 0 Å². The summed E-state index contributed by atoms with van der Waals surface area (Å²) in [5.41, 5.74) is 6.43. The molecule has 0 unspecified atom stereocenters. The molecule has 0 spiro atoms. The Morgan fingerprint density at radius 1 is 1.19 bits per heavy atom. The van der Waals surface area contributed by atoms with Gasteiger partial charge in [-0.1, -0.05) is 6.92 Å². The van der Waals surface area contributed by atoms with E-state index in [0.717, 1.165) is 44.9 Å². The zero-order chi connectivity index (χ0) is 19.6. The van der Waals surface area contributed by atoms with Crippen molar-refractivity contribution in [3.05, 3.63) is 24.3 Å². The van der Waals surface area contributed by atoms with Crippen LogP contribution in [-0.4, -0.2) is 63.1 Å². The van der Waals surface area contributed by atoms with E-state index in [1.807, 2.05) is 12.1 Å². The van der Waals surface area contributed by atoms with Crippen LogP contribution in [0.15, 0.2) is 24.3 Å². The molecule has 7 nitrogen and oxygen atoms in total. The molecule has 0 saturated carbocycles. The van der Waals surface area contributed by atoms with Crippen LogP contribution in [0.1, 0.15) is 26.2 Å². The lowest BCUT2D eigenvalue weighted by Crippen LogP contribution is -2.47. The van der Waals surface area contributed by atoms with E-state index in [2.05, 4.69) is 27.2 Å². The molecule has 7 heteroatoms. The highest BCUT2D eigenvalue weighted by Gasteiger charge is 2.17. The Morgan fingerprint density at radius 2 is 1.85 bits per heavy atom. The Morgan fingerprint density at radius 3 is 2.44 bits per heavy atom. The van der Waals surface area contributed by atoms with Crippen molar-refractivity contribution in [3.63, 3.8) is 0 Å². The van der Waals surface area contributed by atoms with Gasteiger partial charge in [0.15, 0.2) is 0 Å². The fourth-order valence-corrected chi connectivity index (χ4v) is 3.13. The third kappa shape index (κ3) is 7.09. The molecular weight excluding hydrogens is 344 g/mol. The van der Waals surface area contributed by atoms with E-state index < -0.39 is 0 Å². The standard InChI is InChI=1S/C20H32N4O3/c1-16(20(21)26)4-9-19(25)22-10-3-11-23-12-14-24(15-13-23)17-5-7-18(27-2)8-6-17/h5-8,16H,3-4,9-15H2,1-2H3,(H2,21,26)(H,22,25)/t16-/m0/s1. The lowest BCUT2D eigenvalue weighted by Gasteiger charge is -2.36. The summed E-state index contributed by atoms with van der Waals surface area (Å²) in [6.45, 7) is 7.46. The summed E-state index contributed by atoms with van der Waals surface area (Å²) in [6, 6.07) is 8.19. The van der Waals surface area contributed by atoms with Crippen molar-refractivity contribution < 1.29 is 14.3 Å². The maximum Gasteiger partial charge on any atom is 0.220 e. The van der Waals surface area contributed by atoms with Crippen molar-refractivity contribution in [3.8, 4) is 5.75 Å². The van der Waals surface area contributed by atoms with Crippen LogP contribution < -0.4 is 20.7 Å². The molecule has 1 fully saturated rings. The van der Waals surface area contributed by atoms with Crippen LogP contribution >= 0.6 is 0 Å². The molecule has 1 saturated heterocycles. The zero-order valence-corrected chi connectivity index (χ0v) is 16.4. The van der Waals surface area contributed by atoms with Crippen LogP contribution in [0.5, 0.6) is 5.75 Å². The first-order chi connectivity index (χ1) is 13.0. The van der Waals surface area contributed by atoms with Crippen molar-refractivity contribution in [2.45, 2.75) is 26.2 Å². The Kier molecular flexibility index (Phi) is 8.39. The first-order valence-corrected chi connectivity index (χ1v) is 9.67. The second kappa shape index (κ2) is 10.8. The Bertz CT molecular complexity index is 598. The number of nitrogens with two attached hydrogens (primary N) is 1. The number of nitrogens with one attached hydrogen (secondary N) is 1. The fourth-order valence-electron chi connectivity index (χ4n) is 3.13. The number of amides is 2. The van der Waals surface area contributed by atoms with Gasteiger partial charge in [-0.25, -0.2) is 0 Å². The highest BCUT2D eigenvalue weighted by molar-refractivity contribution is 5.79. The fraction of sp³-hybridized carbons (Fsp3) is 0.600. The minimum atomic E-state index is -0.350. The number of benzene rings is 1. The molecule has 1 atom stereocenters. The van der Waals surface area contributed by atoms with Crippen molar-refractivity contribution in [2.75, 3.05) is 51.3 Å². The summed E-state index contributed by atoms with van der Waals surface area (Å²) in [4.78, 5) is 27.6. The molecule has 2 amide bonds. The SMILES string of the molecule is COc1ccc(N2CCN(CCCNC(=O)CC[C@H](C)C(N)=O)CC2)cc1. The number of hydrogen-bond donors (Lipinski definition) is 2. The van der Waals surface area contributed by atoms with Gasteiger partial charge in [0.1, 0.15) is 5.75 Å². The first kappa shape index (κ1) is 21.0. The predicted octanol–water partition coefficient (Wildman–Crippen LogP) is 1.23. The molecule has 0 radical (unpaired) electrons. The van der Waals surface area contributed by atoms with E-state index >= 15 is 0 Å². The number of primary amides is 1. The average Bonchev–Trinajstić information content (AvgIpc) is 2.69. The maximum atomic E-state index is 11.8. The third-order valence-electron chi connectivity index (χ3n) is 5.07. The van der Waals surface area contributed by atoms with Crippen molar-refractivity contribution in [1.29, 1.82) is 0 Å². The quantitative estimate of drug-likeness (QED) is 0.600. The summed E-state index contributed by atoms with van der Waals surface area (Å²) >= 11 is 0. The molecule has 1 aliphatic heterocycles. The Balaban J connectivity index is 1.58. The monoisotopic (exact) mass is 376 g/mol. The molecule has 0 aromatic heterocycles. The topological polar surface area (TPSA) is 87.9 Å². The van der Waals surface area contributed by atoms with E-state index in [1.54, 1.807) is 14.0 Å². The zero-order valence-electron chi connectivity index (χ0n) is 16.4. The number of piperazine rings is 1. The number of ether oxygens (including phenoxy) is 1. The second-order valence-electron chi connectivity index (χ2n) is 7.07. The maximum absolute atomic E-state index is 11.8. The molecule has 1 aliphatic rings. The lowest BCUT2D eigenvalue weighted by molar-refractivity contribution is -0.123. The number of anilines is 1. The summed E-state index contributed by atoms with van der Waals surface area (Å²) in [6.07, 6.45) is 1.79. The number of hydrogen-bond acceptors (Lipinski definition) is 5. The summed E-state index contributed by atoms with van der Waals surface area (Å²) < 4.78 is 5.21. The van der Waals surface area contributed by atoms with Gasteiger partial charge in [-0.15, -0.1) is 0 Å². The Hall–Kier alpha value is -2.28. The van der Waals surface area contributed by atoms with Crippen molar-refractivity contribution in [1.82, 2.24) is 10.2 Å². The van der Waals surface area contributed by atoms with E-state index in [0.29, 0.717) is 19.4 Å². The van der Waals surface area contributed by atoms with E-state index in [-0.39, 0.29) is 17.7 Å². The van der Waals surface area contributed by atoms with Crippen LogP contribution in [0.2, 0.25) is 0 Å². The molecular formula is C20H32N4O3. The second-order valence-corrected chi connectivity index (χ2v) is 7.07. The van der Waals surface area contributed by atoms with E-state index in [4.69, 9.17) is 10.5 Å². The van der Waals surface area contributed by atoms with Gasteiger partial charge < -0.3 is 20.7 Å². The van der Waals surface area contributed by atoms with Crippen LogP contribution in [0, 0.1) is 5.92 Å². The molecule has 27 heavy (non-hydrogen) atoms. The number of carbonyl (C=O) groups excluding carboxylic acids is 2. The number of rotatable bonds is 10. The molecule has 0 bridgehead atoms. The number of methoxy groups -OCH3 is 1. The summed E-state index contributed by atoms with van der Waals surface area (Å²) in [5.74, 6) is 0.269. The summed E-state index contributed by atoms with van der Waals surface area (Å²) in [7, 11) is 1.68. The van der Waals surface area contributed by atoms with Crippen molar-refractivity contribution >= 4 is 17.5 Å². The minimum Gasteiger partial charge on any atom is -0.497 e. The van der Waals surface area contributed by atoms with Gasteiger partial charge in [0.2, 0.25) is 11.8 Å². The third-order valence-corrected chi connectivity index (χ3v) is 5.07. The number of nitrogens with zero attached hydrogens (tertiary/aromatic N) is 2. The molecule has 0 aliphatic carbocycles. The average molecular weight is 377 g/mol. The smallest absolute Gasteiger partial charge is 0.220 e. The normalized spacial score (nSPS) is 16.0. The largest absolute Gasteiger partial charge is 0.497 e. The van der Waals surface area contributed by atoms with Gasteiger partial charge in [0.05, 0.1) is 7.11 Å². The van der Waals surface area contributed by atoms with Gasteiger partial charge in [-0.2, -0.15) is 0 Å². The van der Waals surface area contributed by atoms with Crippen LogP contribution in [0.3, 0.4) is 0 Å². The Labute approximate surface area is 161 Å². The predicted molar refractivity (Wildman–Crippen MR) is 107 cm³/mol. The van der Waals surface area contributed by atoms with Gasteiger partial charge in [0, 0.05) is 50.7 Å². The van der Waals surface area contributed by atoms with Crippen LogP contribution in [0.25, 0.3) is 0 Å². The number of carbonyl (C=O) groups is 2. The molecule has 1 heterocycles. The van der Waals surface area contributed by atoms with Crippen LogP contribution in [-0.2, 0) is 9.59 Å². The first-order valence-electron chi connectivity index (χ1n) is 9.67. The molecule has 1 aromatic rings.